The number of carbonyl (C=O) groups is 1. The first kappa shape index (κ1) is 20.8. The van der Waals surface area contributed by atoms with Gasteiger partial charge in [0.15, 0.2) is 6.10 Å². The summed E-state index contributed by atoms with van der Waals surface area (Å²) in [5, 5.41) is 2.88. The van der Waals surface area contributed by atoms with Crippen molar-refractivity contribution < 1.29 is 14.3 Å². The van der Waals surface area contributed by atoms with Crippen LogP contribution in [0.4, 0.5) is 0 Å². The van der Waals surface area contributed by atoms with E-state index in [1.807, 2.05) is 42.5 Å². The molecule has 0 heterocycles. The fourth-order valence-corrected chi connectivity index (χ4v) is 2.88. The third-order valence-corrected chi connectivity index (χ3v) is 4.41. The van der Waals surface area contributed by atoms with Crippen molar-refractivity contribution >= 4 is 5.91 Å². The molecule has 0 bridgehead atoms. The highest BCUT2D eigenvalue weighted by Gasteiger charge is 2.17. The summed E-state index contributed by atoms with van der Waals surface area (Å²) in [6, 6.07) is 15.9. The second kappa shape index (κ2) is 10.0. The molecule has 0 spiro atoms. The van der Waals surface area contributed by atoms with Crippen molar-refractivity contribution in [2.24, 2.45) is 0 Å². The van der Waals surface area contributed by atoms with Gasteiger partial charge < -0.3 is 14.8 Å². The Hall–Kier alpha value is -2.49. The molecular weight excluding hydrogens is 338 g/mol. The van der Waals surface area contributed by atoms with Crippen molar-refractivity contribution in [1.29, 1.82) is 0 Å². The Morgan fingerprint density at radius 1 is 0.852 bits per heavy atom. The number of carbonyl (C=O) groups excluding carboxylic acids is 1. The molecule has 0 unspecified atom stereocenters. The van der Waals surface area contributed by atoms with Gasteiger partial charge in [-0.2, -0.15) is 0 Å². The van der Waals surface area contributed by atoms with E-state index in [2.05, 4.69) is 39.1 Å². The van der Waals surface area contributed by atoms with Crippen molar-refractivity contribution in [3.05, 3.63) is 59.7 Å². The van der Waals surface area contributed by atoms with Crippen LogP contribution in [0.3, 0.4) is 0 Å². The fraction of sp³-hybridized carbons (Fsp3) is 0.435. The van der Waals surface area contributed by atoms with Crippen LogP contribution in [0.2, 0.25) is 0 Å². The first-order valence-electron chi connectivity index (χ1n) is 9.65. The minimum atomic E-state index is -0.562. The molecule has 1 N–H and O–H groups in total. The largest absolute Gasteiger partial charge is 0.491 e. The predicted octanol–water partition coefficient (Wildman–Crippen LogP) is 4.90. The predicted molar refractivity (Wildman–Crippen MR) is 110 cm³/mol. The SMILES string of the molecule is CC(C)c1ccccc1OCCNC(=O)[C@@H](C)Oc1ccccc1C(C)C. The number of nitrogens with one attached hydrogen (secondary N) is 1. The maximum atomic E-state index is 12.3. The summed E-state index contributed by atoms with van der Waals surface area (Å²) in [5.41, 5.74) is 2.27. The zero-order chi connectivity index (χ0) is 19.8. The molecule has 27 heavy (non-hydrogen) atoms. The summed E-state index contributed by atoms with van der Waals surface area (Å²) in [4.78, 5) is 12.3. The van der Waals surface area contributed by atoms with E-state index in [9.17, 15) is 4.79 Å². The van der Waals surface area contributed by atoms with E-state index in [-0.39, 0.29) is 5.91 Å². The molecule has 2 aromatic rings. The molecule has 0 aliphatic carbocycles. The standard InChI is InChI=1S/C23H31NO3/c1-16(2)19-10-6-8-12-21(19)26-15-14-24-23(25)18(5)27-22-13-9-7-11-20(22)17(3)4/h6-13,16-18H,14-15H2,1-5H3,(H,24,25)/t18-/m1/s1. The van der Waals surface area contributed by atoms with Gasteiger partial charge in [0.25, 0.3) is 5.91 Å². The molecule has 0 saturated heterocycles. The Kier molecular flexibility index (Phi) is 7.71. The van der Waals surface area contributed by atoms with Crippen molar-refractivity contribution in [3.8, 4) is 11.5 Å². The quantitative estimate of drug-likeness (QED) is 0.640. The normalized spacial score (nSPS) is 12.1. The van der Waals surface area contributed by atoms with Crippen LogP contribution in [-0.2, 0) is 4.79 Å². The van der Waals surface area contributed by atoms with Gasteiger partial charge in [0.2, 0.25) is 0 Å². The lowest BCUT2D eigenvalue weighted by Crippen LogP contribution is -2.38. The van der Waals surface area contributed by atoms with Crippen LogP contribution in [0.15, 0.2) is 48.5 Å². The highest BCUT2D eigenvalue weighted by atomic mass is 16.5. The molecule has 2 aromatic carbocycles. The van der Waals surface area contributed by atoms with E-state index >= 15 is 0 Å². The molecule has 2 rings (SSSR count). The Morgan fingerprint density at radius 3 is 1.96 bits per heavy atom. The molecule has 0 fully saturated rings. The summed E-state index contributed by atoms with van der Waals surface area (Å²) in [6.07, 6.45) is -0.562. The van der Waals surface area contributed by atoms with Gasteiger partial charge in [0.1, 0.15) is 18.1 Å². The van der Waals surface area contributed by atoms with E-state index < -0.39 is 6.10 Å². The van der Waals surface area contributed by atoms with Crippen LogP contribution in [-0.4, -0.2) is 25.2 Å². The number of hydrogen-bond acceptors (Lipinski definition) is 3. The molecule has 0 radical (unpaired) electrons. The summed E-state index contributed by atoms with van der Waals surface area (Å²) < 4.78 is 11.7. The van der Waals surface area contributed by atoms with Gasteiger partial charge in [0, 0.05) is 0 Å². The van der Waals surface area contributed by atoms with Crippen LogP contribution in [0.25, 0.3) is 0 Å². The van der Waals surface area contributed by atoms with E-state index in [0.717, 1.165) is 17.1 Å². The number of para-hydroxylation sites is 2. The molecule has 1 amide bonds. The Labute approximate surface area is 162 Å². The fourth-order valence-electron chi connectivity index (χ4n) is 2.88. The van der Waals surface area contributed by atoms with Crippen LogP contribution >= 0.6 is 0 Å². The molecule has 0 aliphatic heterocycles. The second-order valence-corrected chi connectivity index (χ2v) is 7.28. The van der Waals surface area contributed by atoms with E-state index in [1.165, 1.54) is 5.56 Å². The summed E-state index contributed by atoms with van der Waals surface area (Å²) >= 11 is 0. The highest BCUT2D eigenvalue weighted by Crippen LogP contribution is 2.27. The molecule has 0 saturated carbocycles. The van der Waals surface area contributed by atoms with Gasteiger partial charge >= 0.3 is 0 Å². The second-order valence-electron chi connectivity index (χ2n) is 7.28. The van der Waals surface area contributed by atoms with Gasteiger partial charge in [-0.15, -0.1) is 0 Å². The summed E-state index contributed by atoms with van der Waals surface area (Å²) in [5.74, 6) is 2.22. The monoisotopic (exact) mass is 369 g/mol. The molecule has 0 aliphatic rings. The van der Waals surface area contributed by atoms with Gasteiger partial charge in [-0.1, -0.05) is 64.1 Å². The minimum Gasteiger partial charge on any atom is -0.491 e. The molecule has 146 valence electrons. The van der Waals surface area contributed by atoms with E-state index in [4.69, 9.17) is 9.47 Å². The van der Waals surface area contributed by atoms with Crippen LogP contribution in [0.1, 0.15) is 57.6 Å². The number of amides is 1. The smallest absolute Gasteiger partial charge is 0.260 e. The van der Waals surface area contributed by atoms with Crippen molar-refractivity contribution in [1.82, 2.24) is 5.32 Å². The molecule has 0 aromatic heterocycles. The lowest BCUT2D eigenvalue weighted by atomic mass is 10.0. The number of benzene rings is 2. The number of rotatable bonds is 9. The van der Waals surface area contributed by atoms with Gasteiger partial charge in [-0.3, -0.25) is 4.79 Å². The maximum Gasteiger partial charge on any atom is 0.260 e. The third kappa shape index (κ3) is 6.02. The number of ether oxygens (including phenoxy) is 2. The van der Waals surface area contributed by atoms with Crippen molar-refractivity contribution in [3.63, 3.8) is 0 Å². The highest BCUT2D eigenvalue weighted by molar-refractivity contribution is 5.80. The molecule has 4 heteroatoms. The van der Waals surface area contributed by atoms with Crippen LogP contribution in [0.5, 0.6) is 11.5 Å². The third-order valence-electron chi connectivity index (χ3n) is 4.41. The van der Waals surface area contributed by atoms with E-state index in [1.54, 1.807) is 6.92 Å². The van der Waals surface area contributed by atoms with Gasteiger partial charge in [-0.05, 0) is 42.0 Å². The molecular formula is C23H31NO3. The van der Waals surface area contributed by atoms with Crippen molar-refractivity contribution in [2.75, 3.05) is 13.2 Å². The number of hydrogen-bond donors (Lipinski definition) is 1. The zero-order valence-corrected chi connectivity index (χ0v) is 17.0. The lowest BCUT2D eigenvalue weighted by Gasteiger charge is -2.19. The first-order chi connectivity index (χ1) is 12.9. The summed E-state index contributed by atoms with van der Waals surface area (Å²) in [6.45, 7) is 11.1. The lowest BCUT2D eigenvalue weighted by molar-refractivity contribution is -0.127. The Balaban J connectivity index is 1.83. The summed E-state index contributed by atoms with van der Waals surface area (Å²) in [7, 11) is 0. The minimum absolute atomic E-state index is 0.144. The average Bonchev–Trinajstić information content (AvgIpc) is 2.65. The zero-order valence-electron chi connectivity index (χ0n) is 17.0. The van der Waals surface area contributed by atoms with Crippen molar-refractivity contribution in [2.45, 2.75) is 52.6 Å². The van der Waals surface area contributed by atoms with Crippen LogP contribution in [0, 0.1) is 0 Å². The maximum absolute atomic E-state index is 12.3. The Bertz CT molecular complexity index is 740. The topological polar surface area (TPSA) is 47.6 Å². The van der Waals surface area contributed by atoms with E-state index in [0.29, 0.717) is 25.0 Å². The average molecular weight is 370 g/mol. The molecule has 4 nitrogen and oxygen atoms in total. The van der Waals surface area contributed by atoms with Gasteiger partial charge in [-0.25, -0.2) is 0 Å². The Morgan fingerprint density at radius 2 is 1.37 bits per heavy atom. The molecule has 1 atom stereocenters. The van der Waals surface area contributed by atoms with Crippen LogP contribution < -0.4 is 14.8 Å². The van der Waals surface area contributed by atoms with Gasteiger partial charge in [0.05, 0.1) is 6.54 Å². The first-order valence-corrected chi connectivity index (χ1v) is 9.65.